The third-order valence-electron chi connectivity index (χ3n) is 0.956. The Morgan fingerprint density at radius 2 is 2.20 bits per heavy atom. The Balaban J connectivity index is 4.03. The Labute approximate surface area is 65.7 Å². The van der Waals surface area contributed by atoms with Gasteiger partial charge in [0.1, 0.15) is 0 Å². The average Bonchev–Trinajstić information content (AvgIpc) is 1.99. The molecule has 0 fully saturated rings. The first-order chi connectivity index (χ1) is 4.70. The van der Waals surface area contributed by atoms with E-state index in [2.05, 4.69) is 6.58 Å². The highest BCUT2D eigenvalue weighted by atomic mass is 35.5. The molecule has 0 bridgehead atoms. The van der Waals surface area contributed by atoms with Crippen molar-refractivity contribution in [1.29, 1.82) is 0 Å². The van der Waals surface area contributed by atoms with E-state index >= 15 is 0 Å². The van der Waals surface area contributed by atoms with E-state index in [0.717, 1.165) is 0 Å². The van der Waals surface area contributed by atoms with Crippen molar-refractivity contribution in [1.82, 2.24) is 0 Å². The van der Waals surface area contributed by atoms with Gasteiger partial charge in [0.2, 0.25) is 0 Å². The second-order valence-corrected chi connectivity index (χ2v) is 2.16. The van der Waals surface area contributed by atoms with E-state index in [-0.39, 0.29) is 5.83 Å². The van der Waals surface area contributed by atoms with Gasteiger partial charge in [0.15, 0.2) is 0 Å². The molecule has 0 amide bonds. The Morgan fingerprint density at radius 1 is 1.60 bits per heavy atom. The smallest absolute Gasteiger partial charge is 0.0997 e. The lowest BCUT2D eigenvalue weighted by Crippen LogP contribution is -1.66. The normalized spacial score (nSPS) is 13.5. The Morgan fingerprint density at radius 3 is 2.60 bits per heavy atom. The lowest BCUT2D eigenvalue weighted by Gasteiger charge is -1.85. The van der Waals surface area contributed by atoms with Crippen molar-refractivity contribution in [3.8, 4) is 0 Å². The molecule has 0 aromatic rings. The SMILES string of the molecule is C=C/C(Cl)=C\C=C(\F)CC. The molecule has 0 aromatic heterocycles. The summed E-state index contributed by atoms with van der Waals surface area (Å²) < 4.78 is 12.4. The van der Waals surface area contributed by atoms with Gasteiger partial charge in [-0.2, -0.15) is 0 Å². The number of hydrogen-bond acceptors (Lipinski definition) is 0. The van der Waals surface area contributed by atoms with Crippen LogP contribution in [0.15, 0.2) is 35.7 Å². The minimum absolute atomic E-state index is 0.181. The topological polar surface area (TPSA) is 0 Å². The van der Waals surface area contributed by atoms with E-state index in [9.17, 15) is 4.39 Å². The lowest BCUT2D eigenvalue weighted by molar-refractivity contribution is 0.604. The van der Waals surface area contributed by atoms with Crippen LogP contribution in [0.2, 0.25) is 0 Å². The highest BCUT2D eigenvalue weighted by Gasteiger charge is 1.85. The third-order valence-corrected chi connectivity index (χ3v) is 1.24. The van der Waals surface area contributed by atoms with Crippen LogP contribution < -0.4 is 0 Å². The summed E-state index contributed by atoms with van der Waals surface area (Å²) in [5.74, 6) is -0.181. The molecule has 0 unspecified atom stereocenters. The first kappa shape index (κ1) is 9.44. The Bertz CT molecular complexity index is 168. The van der Waals surface area contributed by atoms with Gasteiger partial charge in [-0.25, -0.2) is 4.39 Å². The molecule has 0 nitrogen and oxygen atoms in total. The molecule has 0 spiro atoms. The maximum Gasteiger partial charge on any atom is 0.0997 e. The van der Waals surface area contributed by atoms with Crippen molar-refractivity contribution in [2.45, 2.75) is 13.3 Å². The van der Waals surface area contributed by atoms with E-state index in [1.165, 1.54) is 18.2 Å². The van der Waals surface area contributed by atoms with Crippen molar-refractivity contribution >= 4 is 11.6 Å². The molecule has 0 atom stereocenters. The fourth-order valence-corrected chi connectivity index (χ4v) is 0.419. The van der Waals surface area contributed by atoms with Gasteiger partial charge in [-0.15, -0.1) is 0 Å². The first-order valence-electron chi connectivity index (χ1n) is 3.05. The molecular weight excluding hydrogens is 151 g/mol. The van der Waals surface area contributed by atoms with Gasteiger partial charge in [0, 0.05) is 5.03 Å². The van der Waals surface area contributed by atoms with E-state index in [1.54, 1.807) is 6.92 Å². The summed E-state index contributed by atoms with van der Waals surface area (Å²) in [5, 5.41) is 0.448. The zero-order valence-corrected chi connectivity index (χ0v) is 6.66. The molecule has 2 heteroatoms. The zero-order valence-electron chi connectivity index (χ0n) is 5.90. The summed E-state index contributed by atoms with van der Waals surface area (Å²) in [7, 11) is 0. The molecule has 0 rings (SSSR count). The highest BCUT2D eigenvalue weighted by Crippen LogP contribution is 2.06. The predicted octanol–water partition coefficient (Wildman–Crippen LogP) is 3.56. The summed E-state index contributed by atoms with van der Waals surface area (Å²) >= 11 is 5.50. The van der Waals surface area contributed by atoms with Crippen LogP contribution in [0.5, 0.6) is 0 Å². The molecule has 0 saturated heterocycles. The number of halogens is 2. The van der Waals surface area contributed by atoms with Crippen LogP contribution >= 0.6 is 11.6 Å². The molecule has 0 radical (unpaired) electrons. The first-order valence-corrected chi connectivity index (χ1v) is 3.42. The van der Waals surface area contributed by atoms with Crippen LogP contribution in [0.25, 0.3) is 0 Å². The second-order valence-electron chi connectivity index (χ2n) is 1.72. The van der Waals surface area contributed by atoms with Crippen LogP contribution in [-0.4, -0.2) is 0 Å². The minimum atomic E-state index is -0.181. The molecule has 0 aliphatic heterocycles. The van der Waals surface area contributed by atoms with Crippen LogP contribution in [0.1, 0.15) is 13.3 Å². The van der Waals surface area contributed by atoms with E-state index in [0.29, 0.717) is 11.5 Å². The van der Waals surface area contributed by atoms with Gasteiger partial charge in [-0.3, -0.25) is 0 Å². The fraction of sp³-hybridized carbons (Fsp3) is 0.250. The van der Waals surface area contributed by atoms with Crippen LogP contribution in [0.3, 0.4) is 0 Å². The van der Waals surface area contributed by atoms with Crippen molar-refractivity contribution in [3.05, 3.63) is 35.7 Å². The van der Waals surface area contributed by atoms with Crippen molar-refractivity contribution < 1.29 is 4.39 Å². The van der Waals surface area contributed by atoms with Gasteiger partial charge in [0.25, 0.3) is 0 Å². The van der Waals surface area contributed by atoms with E-state index < -0.39 is 0 Å². The van der Waals surface area contributed by atoms with Gasteiger partial charge >= 0.3 is 0 Å². The summed E-state index contributed by atoms with van der Waals surface area (Å²) in [6.07, 6.45) is 4.68. The Kier molecular flexibility index (Phi) is 4.95. The number of hydrogen-bond donors (Lipinski definition) is 0. The molecule has 56 valence electrons. The highest BCUT2D eigenvalue weighted by molar-refractivity contribution is 6.31. The average molecular weight is 161 g/mol. The van der Waals surface area contributed by atoms with Gasteiger partial charge in [0.05, 0.1) is 5.83 Å². The van der Waals surface area contributed by atoms with E-state index in [1.807, 2.05) is 0 Å². The summed E-state index contributed by atoms with van der Waals surface area (Å²) in [5.41, 5.74) is 0. The molecule has 0 aromatic carbocycles. The zero-order chi connectivity index (χ0) is 7.98. The molecule has 0 N–H and O–H groups in total. The molecule has 0 saturated carbocycles. The van der Waals surface area contributed by atoms with Crippen LogP contribution in [0.4, 0.5) is 4.39 Å². The number of rotatable bonds is 3. The van der Waals surface area contributed by atoms with Crippen molar-refractivity contribution in [2.24, 2.45) is 0 Å². The summed E-state index contributed by atoms with van der Waals surface area (Å²) in [6, 6.07) is 0. The number of allylic oxidation sites excluding steroid dienone is 5. The standard InChI is InChI=1S/C8H10ClF/c1-3-7(9)5-6-8(10)4-2/h3,5-6H,1,4H2,2H3/b7-5+,8-6+. The largest absolute Gasteiger partial charge is 0.212 e. The van der Waals surface area contributed by atoms with Crippen LogP contribution in [0, 0.1) is 0 Å². The molecule has 0 heterocycles. The molecule has 0 aliphatic carbocycles. The van der Waals surface area contributed by atoms with E-state index in [4.69, 9.17) is 11.6 Å². The molecular formula is C8H10ClF. The molecule has 10 heavy (non-hydrogen) atoms. The second kappa shape index (κ2) is 5.24. The minimum Gasteiger partial charge on any atom is -0.212 e. The monoisotopic (exact) mass is 160 g/mol. The van der Waals surface area contributed by atoms with Gasteiger partial charge < -0.3 is 0 Å². The lowest BCUT2D eigenvalue weighted by atomic mass is 10.3. The van der Waals surface area contributed by atoms with Crippen molar-refractivity contribution in [2.75, 3.05) is 0 Å². The predicted molar refractivity (Wildman–Crippen MR) is 43.6 cm³/mol. The quantitative estimate of drug-likeness (QED) is 0.554. The maximum atomic E-state index is 12.4. The summed E-state index contributed by atoms with van der Waals surface area (Å²) in [4.78, 5) is 0. The fourth-order valence-electron chi connectivity index (χ4n) is 0.356. The molecule has 0 aliphatic rings. The van der Waals surface area contributed by atoms with Crippen molar-refractivity contribution in [3.63, 3.8) is 0 Å². The van der Waals surface area contributed by atoms with Crippen LogP contribution in [-0.2, 0) is 0 Å². The van der Waals surface area contributed by atoms with Gasteiger partial charge in [-0.1, -0.05) is 31.2 Å². The van der Waals surface area contributed by atoms with Gasteiger partial charge in [-0.05, 0) is 18.6 Å². The Hall–Kier alpha value is -0.560. The third kappa shape index (κ3) is 4.33. The summed E-state index contributed by atoms with van der Waals surface area (Å²) in [6.45, 7) is 5.15. The maximum absolute atomic E-state index is 12.4.